The number of hydrogen-bond acceptors (Lipinski definition) is 5. The number of nitrogens with zero attached hydrogens (tertiary/aromatic N) is 1. The van der Waals surface area contributed by atoms with Crippen LogP contribution in [0.25, 0.3) is 10.8 Å². The van der Waals surface area contributed by atoms with Crippen molar-refractivity contribution in [3.05, 3.63) is 77.4 Å². The number of rotatable bonds is 13. The molecule has 0 heterocycles. The molecular weight excluding hydrogens is 542 g/mol. The van der Waals surface area contributed by atoms with E-state index in [-0.39, 0.29) is 12.5 Å². The monoisotopic (exact) mass is 589 g/mol. The predicted molar refractivity (Wildman–Crippen MR) is 172 cm³/mol. The highest BCUT2D eigenvalue weighted by Gasteiger charge is 2.37. The normalized spacial score (nSPS) is 12.8. The molecule has 2 unspecified atom stereocenters. The largest absolute Gasteiger partial charge is 0.444 e. The molecule has 0 aliphatic rings. The lowest BCUT2D eigenvalue weighted by Crippen LogP contribution is -2.54. The number of anilines is 1. The molecule has 3 aromatic carbocycles. The first kappa shape index (κ1) is 33.6. The lowest BCUT2D eigenvalue weighted by Gasteiger charge is -2.35. The molecule has 3 amide bonds. The molecule has 43 heavy (non-hydrogen) atoms. The summed E-state index contributed by atoms with van der Waals surface area (Å²) in [6.07, 6.45) is 3.90. The molecule has 0 aliphatic carbocycles. The van der Waals surface area contributed by atoms with Gasteiger partial charge in [0.15, 0.2) is 0 Å². The lowest BCUT2D eigenvalue weighted by molar-refractivity contribution is -0.141. The van der Waals surface area contributed by atoms with Gasteiger partial charge in [-0.3, -0.25) is 9.59 Å². The summed E-state index contributed by atoms with van der Waals surface area (Å²) in [5.74, 6) is -0.922. The van der Waals surface area contributed by atoms with E-state index in [1.165, 1.54) is 4.90 Å². The molecule has 8 nitrogen and oxygen atoms in total. The Morgan fingerprint density at radius 2 is 1.53 bits per heavy atom. The second kappa shape index (κ2) is 15.5. The van der Waals surface area contributed by atoms with Gasteiger partial charge in [-0.15, -0.1) is 0 Å². The Hall–Kier alpha value is -3.91. The van der Waals surface area contributed by atoms with Gasteiger partial charge in [0.2, 0.25) is 5.91 Å². The van der Waals surface area contributed by atoms with Crippen molar-refractivity contribution in [1.82, 2.24) is 10.2 Å². The summed E-state index contributed by atoms with van der Waals surface area (Å²) in [6, 6.07) is 17.1. The van der Waals surface area contributed by atoms with Crippen LogP contribution in [0.15, 0.2) is 60.7 Å². The third-order valence-corrected chi connectivity index (χ3v) is 7.35. The van der Waals surface area contributed by atoms with E-state index in [2.05, 4.69) is 17.6 Å². The Labute approximate surface area is 255 Å². The fourth-order valence-corrected chi connectivity index (χ4v) is 5.25. The Morgan fingerprint density at radius 1 is 0.884 bits per heavy atom. The van der Waals surface area contributed by atoms with Crippen molar-refractivity contribution < 1.29 is 24.2 Å². The minimum atomic E-state index is -1.29. The van der Waals surface area contributed by atoms with Gasteiger partial charge in [0, 0.05) is 12.2 Å². The minimum Gasteiger partial charge on any atom is -0.444 e. The number of benzene rings is 3. The van der Waals surface area contributed by atoms with Crippen LogP contribution in [0.3, 0.4) is 0 Å². The Balaban J connectivity index is 2.03. The molecule has 0 spiro atoms. The smallest absolute Gasteiger partial charge is 0.408 e. The molecule has 3 aromatic rings. The van der Waals surface area contributed by atoms with Crippen LogP contribution in [0.4, 0.5) is 10.5 Å². The number of carbonyl (C=O) groups excluding carboxylic acids is 3. The number of aliphatic hydroxyl groups excluding tert-OH is 1. The van der Waals surface area contributed by atoms with Crippen LogP contribution in [0, 0.1) is 13.8 Å². The molecule has 0 aromatic heterocycles. The molecule has 0 saturated heterocycles. The standard InChI is InChI=1S/C35H47N3O5/c1-7-8-9-10-13-21-38(33(41)29(23-39)37-34(42)43-35(4,5)6)31(30-24(2)15-14-16-25(30)3)32(40)36-28-20-19-26-17-11-12-18-27(26)22-28/h11-12,14-20,22,29,31,39H,7-10,13,21,23H2,1-6H3,(H,36,40)(H,37,42). The van der Waals surface area contributed by atoms with E-state index in [4.69, 9.17) is 4.74 Å². The minimum absolute atomic E-state index is 0.276. The van der Waals surface area contributed by atoms with Crippen LogP contribution in [-0.4, -0.2) is 52.7 Å². The molecule has 0 radical (unpaired) electrons. The quantitative estimate of drug-likeness (QED) is 0.190. The van der Waals surface area contributed by atoms with Gasteiger partial charge >= 0.3 is 6.09 Å². The molecule has 0 bridgehead atoms. The number of fused-ring (bicyclic) bond motifs is 1. The van der Waals surface area contributed by atoms with Crippen molar-refractivity contribution in [2.24, 2.45) is 0 Å². The SMILES string of the molecule is CCCCCCCN(C(=O)C(CO)NC(=O)OC(C)(C)C)C(C(=O)Nc1ccc2ccccc2c1)c1c(C)cccc1C. The first-order chi connectivity index (χ1) is 20.4. The molecule has 0 saturated carbocycles. The van der Waals surface area contributed by atoms with Gasteiger partial charge < -0.3 is 25.4 Å². The van der Waals surface area contributed by atoms with Crippen LogP contribution in [0.2, 0.25) is 0 Å². The number of unbranched alkanes of at least 4 members (excludes halogenated alkanes) is 4. The van der Waals surface area contributed by atoms with Gasteiger partial charge in [-0.1, -0.05) is 81.1 Å². The van der Waals surface area contributed by atoms with Gasteiger partial charge in [-0.25, -0.2) is 4.79 Å². The van der Waals surface area contributed by atoms with E-state index >= 15 is 0 Å². The Kier molecular flexibility index (Phi) is 12.1. The zero-order valence-electron chi connectivity index (χ0n) is 26.4. The number of hydrogen-bond donors (Lipinski definition) is 3. The van der Waals surface area contributed by atoms with E-state index in [0.717, 1.165) is 53.1 Å². The van der Waals surface area contributed by atoms with E-state index in [1.807, 2.05) is 74.5 Å². The highest BCUT2D eigenvalue weighted by molar-refractivity contribution is 6.00. The molecule has 8 heteroatoms. The van der Waals surface area contributed by atoms with Crippen molar-refractivity contribution in [1.29, 1.82) is 0 Å². The zero-order valence-corrected chi connectivity index (χ0v) is 26.4. The van der Waals surface area contributed by atoms with Gasteiger partial charge in [-0.2, -0.15) is 0 Å². The van der Waals surface area contributed by atoms with Gasteiger partial charge in [0.25, 0.3) is 5.91 Å². The van der Waals surface area contributed by atoms with E-state index < -0.39 is 36.3 Å². The number of aryl methyl sites for hydroxylation is 2. The number of carbonyl (C=O) groups is 3. The van der Waals surface area contributed by atoms with Gasteiger partial charge in [-0.05, 0) is 80.6 Å². The first-order valence-corrected chi connectivity index (χ1v) is 15.2. The number of nitrogens with one attached hydrogen (secondary N) is 2. The maximum atomic E-state index is 14.3. The topological polar surface area (TPSA) is 108 Å². The highest BCUT2D eigenvalue weighted by Crippen LogP contribution is 2.31. The maximum Gasteiger partial charge on any atom is 0.408 e. The number of amides is 3. The fraction of sp³-hybridized carbons (Fsp3) is 0.457. The van der Waals surface area contributed by atoms with Crippen molar-refractivity contribution in [2.75, 3.05) is 18.5 Å². The lowest BCUT2D eigenvalue weighted by atomic mass is 9.93. The van der Waals surface area contributed by atoms with E-state index in [0.29, 0.717) is 12.1 Å². The first-order valence-electron chi connectivity index (χ1n) is 15.2. The average molecular weight is 590 g/mol. The second-order valence-electron chi connectivity index (χ2n) is 12.1. The van der Waals surface area contributed by atoms with Gasteiger partial charge in [0.1, 0.15) is 17.7 Å². The molecule has 2 atom stereocenters. The summed E-state index contributed by atoms with van der Waals surface area (Å²) in [4.78, 5) is 42.6. The Bertz CT molecular complexity index is 1380. The molecular formula is C35H47N3O5. The summed E-state index contributed by atoms with van der Waals surface area (Å²) in [7, 11) is 0. The predicted octanol–water partition coefficient (Wildman–Crippen LogP) is 6.82. The summed E-state index contributed by atoms with van der Waals surface area (Å²) in [6.45, 7) is 10.8. The third-order valence-electron chi connectivity index (χ3n) is 7.35. The summed E-state index contributed by atoms with van der Waals surface area (Å²) in [5.41, 5.74) is 2.27. The van der Waals surface area contributed by atoms with Crippen LogP contribution in [0.5, 0.6) is 0 Å². The summed E-state index contributed by atoms with van der Waals surface area (Å²) in [5, 5.41) is 17.9. The van der Waals surface area contributed by atoms with E-state index in [9.17, 15) is 19.5 Å². The second-order valence-corrected chi connectivity index (χ2v) is 12.1. The summed E-state index contributed by atoms with van der Waals surface area (Å²) < 4.78 is 5.36. The summed E-state index contributed by atoms with van der Waals surface area (Å²) >= 11 is 0. The molecule has 0 aliphatic heterocycles. The van der Waals surface area contributed by atoms with Crippen molar-refractivity contribution >= 4 is 34.4 Å². The number of ether oxygens (including phenoxy) is 1. The Morgan fingerprint density at radius 3 is 2.16 bits per heavy atom. The molecule has 0 fully saturated rings. The van der Waals surface area contributed by atoms with E-state index in [1.54, 1.807) is 20.8 Å². The molecule has 232 valence electrons. The maximum absolute atomic E-state index is 14.3. The highest BCUT2D eigenvalue weighted by atomic mass is 16.6. The fourth-order valence-electron chi connectivity index (χ4n) is 5.25. The van der Waals surface area contributed by atoms with Crippen LogP contribution >= 0.6 is 0 Å². The van der Waals surface area contributed by atoms with Crippen molar-refractivity contribution in [2.45, 2.75) is 91.3 Å². The number of alkyl carbamates (subject to hydrolysis) is 1. The molecule has 3 N–H and O–H groups in total. The van der Waals surface area contributed by atoms with Crippen LogP contribution in [-0.2, 0) is 14.3 Å². The van der Waals surface area contributed by atoms with Crippen LogP contribution < -0.4 is 10.6 Å². The van der Waals surface area contributed by atoms with Crippen LogP contribution in [0.1, 0.15) is 82.5 Å². The van der Waals surface area contributed by atoms with Crippen molar-refractivity contribution in [3.8, 4) is 0 Å². The molecule has 3 rings (SSSR count). The average Bonchev–Trinajstić information content (AvgIpc) is 2.95. The zero-order chi connectivity index (χ0) is 31.6. The van der Waals surface area contributed by atoms with Gasteiger partial charge in [0.05, 0.1) is 6.61 Å². The van der Waals surface area contributed by atoms with Crippen molar-refractivity contribution in [3.63, 3.8) is 0 Å². The third kappa shape index (κ3) is 9.55. The number of aliphatic hydroxyl groups is 1.